The van der Waals surface area contributed by atoms with Gasteiger partial charge in [-0.3, -0.25) is 0 Å². The van der Waals surface area contributed by atoms with Gasteiger partial charge in [0.1, 0.15) is 5.60 Å². The van der Waals surface area contributed by atoms with Crippen molar-refractivity contribution in [3.8, 4) is 0 Å². The van der Waals surface area contributed by atoms with Crippen LogP contribution in [-0.4, -0.2) is 32.5 Å². The van der Waals surface area contributed by atoms with Crippen LogP contribution < -0.4 is 0 Å². The molecular formula is C9H18O4. The third-order valence-electron chi connectivity index (χ3n) is 2.49. The first kappa shape index (κ1) is 12.4. The average Bonchev–Trinajstić information content (AvgIpc) is 2.02. The van der Waals surface area contributed by atoms with E-state index in [-0.39, 0.29) is 12.8 Å². The van der Waals surface area contributed by atoms with Crippen molar-refractivity contribution in [3.05, 3.63) is 0 Å². The van der Waals surface area contributed by atoms with Gasteiger partial charge in [0, 0.05) is 0 Å². The van der Waals surface area contributed by atoms with Gasteiger partial charge in [0.15, 0.2) is 5.60 Å². The molecule has 0 fully saturated rings. The first-order valence-electron chi connectivity index (χ1n) is 4.50. The monoisotopic (exact) mass is 190 g/mol. The van der Waals surface area contributed by atoms with Gasteiger partial charge in [-0.1, -0.05) is 20.3 Å². The van der Waals surface area contributed by atoms with Crippen LogP contribution in [0.5, 0.6) is 0 Å². The SMILES string of the molecule is CCCC(C)(O)C(O)(CC)C(=O)O. The Bertz CT molecular complexity index is 188. The number of carboxylic acid groups (broad SMARTS) is 1. The van der Waals surface area contributed by atoms with Crippen LogP contribution in [0.25, 0.3) is 0 Å². The van der Waals surface area contributed by atoms with Gasteiger partial charge in [-0.05, 0) is 19.8 Å². The molecule has 0 bridgehead atoms. The topological polar surface area (TPSA) is 77.8 Å². The zero-order chi connectivity index (χ0) is 10.7. The largest absolute Gasteiger partial charge is 0.479 e. The molecule has 2 atom stereocenters. The molecule has 0 heterocycles. The Morgan fingerprint density at radius 1 is 1.31 bits per heavy atom. The lowest BCUT2D eigenvalue weighted by Gasteiger charge is -2.37. The van der Waals surface area contributed by atoms with Gasteiger partial charge in [-0.2, -0.15) is 0 Å². The second-order valence-electron chi connectivity index (χ2n) is 3.54. The molecular weight excluding hydrogens is 172 g/mol. The summed E-state index contributed by atoms with van der Waals surface area (Å²) < 4.78 is 0. The standard InChI is InChI=1S/C9H18O4/c1-4-6-8(3,12)9(13,5-2)7(10)11/h12-13H,4-6H2,1-3H3,(H,10,11). The number of aliphatic carboxylic acids is 1. The van der Waals surface area contributed by atoms with E-state index in [1.807, 2.05) is 6.92 Å². The van der Waals surface area contributed by atoms with Gasteiger partial charge >= 0.3 is 5.97 Å². The molecule has 0 saturated carbocycles. The van der Waals surface area contributed by atoms with Crippen molar-refractivity contribution in [1.82, 2.24) is 0 Å². The Labute approximate surface area is 78.2 Å². The zero-order valence-electron chi connectivity index (χ0n) is 8.37. The summed E-state index contributed by atoms with van der Waals surface area (Å²) in [6.45, 7) is 4.72. The molecule has 4 nitrogen and oxygen atoms in total. The van der Waals surface area contributed by atoms with E-state index in [1.165, 1.54) is 13.8 Å². The summed E-state index contributed by atoms with van der Waals surface area (Å²) in [6.07, 6.45) is 0.890. The van der Waals surface area contributed by atoms with Crippen LogP contribution in [0.15, 0.2) is 0 Å². The highest BCUT2D eigenvalue weighted by Gasteiger charge is 2.50. The maximum atomic E-state index is 10.8. The van der Waals surface area contributed by atoms with Crippen LogP contribution in [0.3, 0.4) is 0 Å². The number of rotatable bonds is 5. The van der Waals surface area contributed by atoms with Gasteiger partial charge in [0.2, 0.25) is 0 Å². The van der Waals surface area contributed by atoms with E-state index in [1.54, 1.807) is 0 Å². The van der Waals surface area contributed by atoms with Crippen molar-refractivity contribution in [2.75, 3.05) is 0 Å². The molecule has 0 aromatic heterocycles. The van der Waals surface area contributed by atoms with Gasteiger partial charge in [0.25, 0.3) is 0 Å². The Kier molecular flexibility index (Phi) is 3.88. The first-order valence-corrected chi connectivity index (χ1v) is 4.50. The summed E-state index contributed by atoms with van der Waals surface area (Å²) in [6, 6.07) is 0. The molecule has 0 amide bonds. The van der Waals surface area contributed by atoms with Crippen LogP contribution in [0.4, 0.5) is 0 Å². The fourth-order valence-electron chi connectivity index (χ4n) is 1.46. The predicted molar refractivity (Wildman–Crippen MR) is 48.4 cm³/mol. The molecule has 78 valence electrons. The molecule has 3 N–H and O–H groups in total. The number of carbonyl (C=O) groups is 1. The molecule has 0 aromatic carbocycles. The molecule has 0 saturated heterocycles. The third kappa shape index (κ3) is 2.19. The highest BCUT2D eigenvalue weighted by Crippen LogP contribution is 2.30. The molecule has 0 rings (SSSR count). The van der Waals surface area contributed by atoms with E-state index in [2.05, 4.69) is 0 Å². The molecule has 0 spiro atoms. The van der Waals surface area contributed by atoms with Crippen molar-refractivity contribution in [2.24, 2.45) is 0 Å². The normalized spacial score (nSPS) is 20.4. The fourth-order valence-corrected chi connectivity index (χ4v) is 1.46. The number of aliphatic hydroxyl groups is 2. The maximum Gasteiger partial charge on any atom is 0.338 e. The smallest absolute Gasteiger partial charge is 0.338 e. The van der Waals surface area contributed by atoms with Crippen molar-refractivity contribution in [1.29, 1.82) is 0 Å². The Morgan fingerprint density at radius 2 is 1.77 bits per heavy atom. The summed E-state index contributed by atoms with van der Waals surface area (Å²) in [5, 5.41) is 28.3. The van der Waals surface area contributed by atoms with Crippen LogP contribution in [0.2, 0.25) is 0 Å². The quantitative estimate of drug-likeness (QED) is 0.598. The van der Waals surface area contributed by atoms with E-state index in [0.717, 1.165) is 0 Å². The van der Waals surface area contributed by atoms with Gasteiger partial charge in [-0.25, -0.2) is 4.79 Å². The lowest BCUT2D eigenvalue weighted by atomic mass is 9.79. The Morgan fingerprint density at radius 3 is 2.00 bits per heavy atom. The highest BCUT2D eigenvalue weighted by atomic mass is 16.4. The van der Waals surface area contributed by atoms with Crippen molar-refractivity contribution in [3.63, 3.8) is 0 Å². The summed E-state index contributed by atoms with van der Waals surface area (Å²) in [5.74, 6) is -1.37. The van der Waals surface area contributed by atoms with Crippen molar-refractivity contribution in [2.45, 2.75) is 51.2 Å². The summed E-state index contributed by atoms with van der Waals surface area (Å²) in [7, 11) is 0. The number of carboxylic acids is 1. The zero-order valence-corrected chi connectivity index (χ0v) is 8.37. The number of hydrogen-bond acceptors (Lipinski definition) is 3. The third-order valence-corrected chi connectivity index (χ3v) is 2.49. The predicted octanol–water partition coefficient (Wildman–Crippen LogP) is 0.763. The Hall–Kier alpha value is -0.610. The second kappa shape index (κ2) is 4.07. The summed E-state index contributed by atoms with van der Waals surface area (Å²) in [5.41, 5.74) is -3.61. The van der Waals surface area contributed by atoms with Crippen molar-refractivity contribution < 1.29 is 20.1 Å². The van der Waals surface area contributed by atoms with E-state index in [4.69, 9.17) is 5.11 Å². The molecule has 2 unspecified atom stereocenters. The van der Waals surface area contributed by atoms with Crippen LogP contribution in [-0.2, 0) is 4.79 Å². The molecule has 0 aromatic rings. The summed E-state index contributed by atoms with van der Waals surface area (Å²) in [4.78, 5) is 10.8. The van der Waals surface area contributed by atoms with Gasteiger partial charge in [-0.15, -0.1) is 0 Å². The molecule has 0 aliphatic rings. The van der Waals surface area contributed by atoms with Crippen LogP contribution >= 0.6 is 0 Å². The molecule has 0 aliphatic carbocycles. The first-order chi connectivity index (χ1) is 5.81. The summed E-state index contributed by atoms with van der Waals surface area (Å²) >= 11 is 0. The van der Waals surface area contributed by atoms with Crippen molar-refractivity contribution >= 4 is 5.97 Å². The van der Waals surface area contributed by atoms with E-state index in [0.29, 0.717) is 6.42 Å². The van der Waals surface area contributed by atoms with Crippen LogP contribution in [0.1, 0.15) is 40.0 Å². The minimum atomic E-state index is -2.04. The maximum absolute atomic E-state index is 10.8. The lowest BCUT2D eigenvalue weighted by Crippen LogP contribution is -2.57. The minimum Gasteiger partial charge on any atom is -0.479 e. The van der Waals surface area contributed by atoms with Gasteiger partial charge < -0.3 is 15.3 Å². The Balaban J connectivity index is 4.83. The van der Waals surface area contributed by atoms with Crippen LogP contribution in [0, 0.1) is 0 Å². The number of hydrogen-bond donors (Lipinski definition) is 3. The second-order valence-corrected chi connectivity index (χ2v) is 3.54. The average molecular weight is 190 g/mol. The lowest BCUT2D eigenvalue weighted by molar-refractivity contribution is -0.191. The highest BCUT2D eigenvalue weighted by molar-refractivity contribution is 5.78. The van der Waals surface area contributed by atoms with E-state index in [9.17, 15) is 15.0 Å². The minimum absolute atomic E-state index is 0.00463. The molecule has 0 radical (unpaired) electrons. The molecule has 4 heteroatoms. The van der Waals surface area contributed by atoms with Gasteiger partial charge in [0.05, 0.1) is 0 Å². The molecule has 13 heavy (non-hydrogen) atoms. The van der Waals surface area contributed by atoms with E-state index < -0.39 is 17.2 Å². The fraction of sp³-hybridized carbons (Fsp3) is 0.889. The molecule has 0 aliphatic heterocycles. The van der Waals surface area contributed by atoms with E-state index >= 15 is 0 Å².